The largest absolute Gasteiger partial charge is 0.349 e. The van der Waals surface area contributed by atoms with Crippen molar-refractivity contribution in [2.45, 2.75) is 59.4 Å². The lowest BCUT2D eigenvalue weighted by atomic mass is 9.78. The predicted molar refractivity (Wildman–Crippen MR) is 101 cm³/mol. The quantitative estimate of drug-likeness (QED) is 0.832. The first-order chi connectivity index (χ1) is 12.4. The van der Waals surface area contributed by atoms with Gasteiger partial charge in [-0.05, 0) is 64.9 Å². The Labute approximate surface area is 156 Å². The molecule has 0 N–H and O–H groups in total. The van der Waals surface area contributed by atoms with Crippen LogP contribution in [0.5, 0.6) is 0 Å². The molecule has 0 aromatic carbocycles. The molecule has 3 fully saturated rings. The van der Waals surface area contributed by atoms with E-state index in [9.17, 15) is 9.59 Å². The second-order valence-corrected chi connectivity index (χ2v) is 8.58. The molecule has 1 aliphatic carbocycles. The molecular formula is C21H31N3O2. The smallest absolute Gasteiger partial charge is 0.255 e. The molecule has 2 saturated heterocycles. The van der Waals surface area contributed by atoms with Crippen molar-refractivity contribution in [2.24, 2.45) is 11.3 Å². The topological polar surface area (TPSA) is 45.6 Å². The molecule has 26 heavy (non-hydrogen) atoms. The van der Waals surface area contributed by atoms with Crippen LogP contribution in [0.4, 0.5) is 0 Å². The summed E-state index contributed by atoms with van der Waals surface area (Å²) in [6.45, 7) is 10.2. The van der Waals surface area contributed by atoms with Gasteiger partial charge in [0.1, 0.15) is 0 Å². The molecule has 1 aromatic rings. The van der Waals surface area contributed by atoms with Crippen LogP contribution >= 0.6 is 0 Å². The van der Waals surface area contributed by atoms with E-state index in [0.717, 1.165) is 61.8 Å². The van der Waals surface area contributed by atoms with Crippen LogP contribution in [0.25, 0.3) is 0 Å². The molecule has 1 aromatic heterocycles. The van der Waals surface area contributed by atoms with Crippen molar-refractivity contribution >= 4 is 11.8 Å². The number of likely N-dealkylation sites (tertiary alicyclic amines) is 2. The van der Waals surface area contributed by atoms with Crippen molar-refractivity contribution < 1.29 is 9.59 Å². The summed E-state index contributed by atoms with van der Waals surface area (Å²) in [4.78, 5) is 30.3. The van der Waals surface area contributed by atoms with Gasteiger partial charge in [-0.1, -0.05) is 0 Å². The van der Waals surface area contributed by atoms with Crippen molar-refractivity contribution in [2.75, 3.05) is 26.2 Å². The number of amides is 2. The maximum absolute atomic E-state index is 13.2. The van der Waals surface area contributed by atoms with Crippen LogP contribution in [0.2, 0.25) is 0 Å². The summed E-state index contributed by atoms with van der Waals surface area (Å²) in [6, 6.07) is 2.01. The third-order valence-corrected chi connectivity index (χ3v) is 6.76. The summed E-state index contributed by atoms with van der Waals surface area (Å²) in [5, 5.41) is 0. The van der Waals surface area contributed by atoms with Gasteiger partial charge >= 0.3 is 0 Å². The highest BCUT2D eigenvalue weighted by molar-refractivity contribution is 5.97. The normalized spacial score (nSPS) is 26.2. The van der Waals surface area contributed by atoms with E-state index >= 15 is 0 Å². The molecule has 5 nitrogen and oxygen atoms in total. The Balaban J connectivity index is 1.50. The maximum atomic E-state index is 13.2. The van der Waals surface area contributed by atoms with Crippen LogP contribution in [0.1, 0.15) is 60.8 Å². The molecule has 142 valence electrons. The number of rotatable bonds is 4. The van der Waals surface area contributed by atoms with Crippen LogP contribution in [-0.2, 0) is 11.3 Å². The number of aromatic nitrogens is 1. The predicted octanol–water partition coefficient (Wildman–Crippen LogP) is 2.99. The highest BCUT2D eigenvalue weighted by Crippen LogP contribution is 2.42. The lowest BCUT2D eigenvalue weighted by Gasteiger charge is -2.39. The second-order valence-electron chi connectivity index (χ2n) is 8.58. The first-order valence-corrected chi connectivity index (χ1v) is 10.2. The summed E-state index contributed by atoms with van der Waals surface area (Å²) in [7, 11) is 0. The van der Waals surface area contributed by atoms with E-state index in [1.807, 2.05) is 17.9 Å². The molecule has 1 saturated carbocycles. The molecular weight excluding hydrogens is 326 g/mol. The van der Waals surface area contributed by atoms with E-state index in [1.54, 1.807) is 0 Å². The SMILES string of the molecule is CCn1c(C)cc(C(=O)N2CC[C@@]3(CCCN(CC4CC4)C3=O)C2)c1C. The van der Waals surface area contributed by atoms with Crippen LogP contribution in [0, 0.1) is 25.2 Å². The number of hydrogen-bond acceptors (Lipinski definition) is 2. The van der Waals surface area contributed by atoms with Crippen molar-refractivity contribution in [3.63, 3.8) is 0 Å². The minimum atomic E-state index is -0.320. The Morgan fingerprint density at radius 2 is 2.00 bits per heavy atom. The van der Waals surface area contributed by atoms with Gasteiger partial charge in [0.2, 0.25) is 5.91 Å². The minimum absolute atomic E-state index is 0.0989. The number of aryl methyl sites for hydroxylation is 1. The molecule has 2 amide bonds. The monoisotopic (exact) mass is 357 g/mol. The Kier molecular flexibility index (Phi) is 4.36. The Morgan fingerprint density at radius 1 is 1.23 bits per heavy atom. The zero-order chi connectivity index (χ0) is 18.5. The van der Waals surface area contributed by atoms with Gasteiger partial charge in [-0.15, -0.1) is 0 Å². The van der Waals surface area contributed by atoms with E-state index in [-0.39, 0.29) is 11.3 Å². The van der Waals surface area contributed by atoms with Gasteiger partial charge in [-0.25, -0.2) is 0 Å². The fourth-order valence-electron chi connectivity index (χ4n) is 5.04. The van der Waals surface area contributed by atoms with Crippen LogP contribution in [0.15, 0.2) is 6.07 Å². The summed E-state index contributed by atoms with van der Waals surface area (Å²) in [5.74, 6) is 1.14. The molecule has 4 rings (SSSR count). The Bertz CT molecular complexity index is 734. The third kappa shape index (κ3) is 2.85. The van der Waals surface area contributed by atoms with Crippen LogP contribution in [0.3, 0.4) is 0 Å². The zero-order valence-electron chi connectivity index (χ0n) is 16.4. The van der Waals surface area contributed by atoms with Crippen LogP contribution < -0.4 is 0 Å². The Morgan fingerprint density at radius 3 is 2.65 bits per heavy atom. The number of hydrogen-bond donors (Lipinski definition) is 0. The van der Waals surface area contributed by atoms with Gasteiger partial charge < -0.3 is 14.4 Å². The first-order valence-electron chi connectivity index (χ1n) is 10.2. The van der Waals surface area contributed by atoms with E-state index < -0.39 is 0 Å². The van der Waals surface area contributed by atoms with Gasteiger partial charge in [0, 0.05) is 44.1 Å². The summed E-state index contributed by atoms with van der Waals surface area (Å²) >= 11 is 0. The van der Waals surface area contributed by atoms with E-state index in [4.69, 9.17) is 0 Å². The highest BCUT2D eigenvalue weighted by Gasteiger charge is 2.50. The van der Waals surface area contributed by atoms with Crippen LogP contribution in [-0.4, -0.2) is 52.4 Å². The molecule has 3 heterocycles. The fraction of sp³-hybridized carbons (Fsp3) is 0.714. The van der Waals surface area contributed by atoms with Crippen molar-refractivity contribution in [1.82, 2.24) is 14.4 Å². The first kappa shape index (κ1) is 17.6. The molecule has 3 aliphatic rings. The summed E-state index contributed by atoms with van der Waals surface area (Å²) in [5.41, 5.74) is 2.66. The summed E-state index contributed by atoms with van der Waals surface area (Å²) < 4.78 is 2.18. The van der Waals surface area contributed by atoms with Gasteiger partial charge in [-0.2, -0.15) is 0 Å². The standard InChI is InChI=1S/C21H31N3O2/c1-4-24-15(2)12-18(16(24)3)19(25)23-11-9-21(14-23)8-5-10-22(20(21)26)13-17-6-7-17/h12,17H,4-11,13-14H2,1-3H3/t21-/m0/s1. The maximum Gasteiger partial charge on any atom is 0.255 e. The third-order valence-electron chi connectivity index (χ3n) is 6.76. The van der Waals surface area contributed by atoms with Crippen molar-refractivity contribution in [1.29, 1.82) is 0 Å². The minimum Gasteiger partial charge on any atom is -0.349 e. The van der Waals surface area contributed by atoms with Gasteiger partial charge in [0.15, 0.2) is 0 Å². The number of piperidine rings is 1. The lowest BCUT2D eigenvalue weighted by Crippen LogP contribution is -2.51. The molecule has 0 unspecified atom stereocenters. The highest BCUT2D eigenvalue weighted by atomic mass is 16.2. The second kappa shape index (κ2) is 6.43. The molecule has 5 heteroatoms. The number of carbonyl (C=O) groups excluding carboxylic acids is 2. The zero-order valence-corrected chi connectivity index (χ0v) is 16.4. The van der Waals surface area contributed by atoms with E-state index in [2.05, 4.69) is 23.3 Å². The molecule has 1 atom stereocenters. The van der Waals surface area contributed by atoms with Crippen molar-refractivity contribution in [3.05, 3.63) is 23.0 Å². The van der Waals surface area contributed by atoms with Crippen molar-refractivity contribution in [3.8, 4) is 0 Å². The van der Waals surface area contributed by atoms with Gasteiger partial charge in [0.05, 0.1) is 11.0 Å². The average Bonchev–Trinajstić information content (AvgIpc) is 3.26. The van der Waals surface area contributed by atoms with E-state index in [0.29, 0.717) is 19.0 Å². The molecule has 0 radical (unpaired) electrons. The summed E-state index contributed by atoms with van der Waals surface area (Å²) in [6.07, 6.45) is 5.38. The van der Waals surface area contributed by atoms with Gasteiger partial charge in [0.25, 0.3) is 5.91 Å². The molecule has 1 spiro atoms. The van der Waals surface area contributed by atoms with E-state index in [1.165, 1.54) is 12.8 Å². The van der Waals surface area contributed by atoms with Gasteiger partial charge in [-0.3, -0.25) is 9.59 Å². The lowest BCUT2D eigenvalue weighted by molar-refractivity contribution is -0.145. The average molecular weight is 357 g/mol. The Hall–Kier alpha value is -1.78. The number of nitrogens with zero attached hydrogens (tertiary/aromatic N) is 3. The molecule has 0 bridgehead atoms. The molecule has 2 aliphatic heterocycles. The number of carbonyl (C=O) groups is 2. The fourth-order valence-corrected chi connectivity index (χ4v) is 5.04.